The fourth-order valence-electron chi connectivity index (χ4n) is 2.83. The van der Waals surface area contributed by atoms with Gasteiger partial charge >= 0.3 is 0 Å². The third kappa shape index (κ3) is 3.74. The Labute approximate surface area is 164 Å². The highest BCUT2D eigenvalue weighted by molar-refractivity contribution is 7.98. The maximum Gasteiger partial charge on any atom is 0.272 e. The smallest absolute Gasteiger partial charge is 0.272 e. The minimum atomic E-state index is -0.246. The van der Waals surface area contributed by atoms with Crippen LogP contribution in [-0.4, -0.2) is 42.7 Å². The van der Waals surface area contributed by atoms with Crippen LogP contribution in [-0.2, 0) is 0 Å². The standard InChI is InChI=1S/C18H18N6OS2/c1-26-10-7-12(17-23-22-16-6-2-3-8-24(16)17)19-18(25)14-11-13(20-21-14)15-5-4-9-27-15/h2-6,8-9,11-12H,7,10H2,1H3,(H,19,25)(H,20,21)/t12-/m0/s1. The topological polar surface area (TPSA) is 88.0 Å². The Bertz CT molecular complexity index is 1040. The third-order valence-corrected chi connectivity index (χ3v) is 5.71. The van der Waals surface area contributed by atoms with Gasteiger partial charge in [0, 0.05) is 6.20 Å². The molecule has 0 spiro atoms. The molecule has 0 aliphatic rings. The van der Waals surface area contributed by atoms with E-state index in [1.807, 2.05) is 52.6 Å². The molecule has 9 heteroatoms. The SMILES string of the molecule is CSCC[C@H](NC(=O)c1cc(-c2cccs2)[nH]n1)c1nnc2ccccn12. The first-order valence-electron chi connectivity index (χ1n) is 8.45. The van der Waals surface area contributed by atoms with Crippen molar-refractivity contribution in [3.05, 3.63) is 59.5 Å². The summed E-state index contributed by atoms with van der Waals surface area (Å²) in [7, 11) is 0. The van der Waals surface area contributed by atoms with Crippen LogP contribution in [0.4, 0.5) is 0 Å². The number of aromatic amines is 1. The number of hydrogen-bond donors (Lipinski definition) is 2. The van der Waals surface area contributed by atoms with Gasteiger partial charge in [-0.3, -0.25) is 14.3 Å². The summed E-state index contributed by atoms with van der Waals surface area (Å²) in [6.45, 7) is 0. The van der Waals surface area contributed by atoms with Crippen molar-refractivity contribution in [1.82, 2.24) is 30.1 Å². The summed E-state index contributed by atoms with van der Waals surface area (Å²) in [5.74, 6) is 1.39. The van der Waals surface area contributed by atoms with Gasteiger partial charge in [0.05, 0.1) is 16.6 Å². The number of thiophene rings is 1. The number of fused-ring (bicyclic) bond motifs is 1. The quantitative estimate of drug-likeness (QED) is 0.498. The Morgan fingerprint density at radius 2 is 2.26 bits per heavy atom. The first kappa shape index (κ1) is 17.7. The van der Waals surface area contributed by atoms with E-state index in [1.165, 1.54) is 0 Å². The lowest BCUT2D eigenvalue weighted by Crippen LogP contribution is -2.30. The average Bonchev–Trinajstić information content (AvgIpc) is 3.44. The maximum atomic E-state index is 12.8. The number of rotatable bonds is 7. The van der Waals surface area contributed by atoms with Crippen molar-refractivity contribution in [1.29, 1.82) is 0 Å². The molecule has 27 heavy (non-hydrogen) atoms. The van der Waals surface area contributed by atoms with Crippen molar-refractivity contribution in [2.75, 3.05) is 12.0 Å². The summed E-state index contributed by atoms with van der Waals surface area (Å²) in [6, 6.07) is 11.2. The van der Waals surface area contributed by atoms with E-state index in [0.29, 0.717) is 5.69 Å². The number of aromatic nitrogens is 5. The maximum absolute atomic E-state index is 12.8. The summed E-state index contributed by atoms with van der Waals surface area (Å²) in [5, 5.41) is 20.7. The second-order valence-corrected chi connectivity index (χ2v) is 7.87. The van der Waals surface area contributed by atoms with Crippen LogP contribution in [0.1, 0.15) is 28.8 Å². The summed E-state index contributed by atoms with van der Waals surface area (Å²) in [5.41, 5.74) is 1.96. The molecule has 0 saturated carbocycles. The second-order valence-electron chi connectivity index (χ2n) is 5.94. The monoisotopic (exact) mass is 398 g/mol. The highest BCUT2D eigenvalue weighted by atomic mass is 32.2. The first-order valence-corrected chi connectivity index (χ1v) is 10.7. The van der Waals surface area contributed by atoms with E-state index in [4.69, 9.17) is 0 Å². The molecule has 4 heterocycles. The Hall–Kier alpha value is -2.65. The lowest BCUT2D eigenvalue weighted by molar-refractivity contribution is 0.0928. The zero-order valence-corrected chi connectivity index (χ0v) is 16.3. The molecular weight excluding hydrogens is 380 g/mol. The molecule has 1 atom stereocenters. The largest absolute Gasteiger partial charge is 0.341 e. The molecule has 0 aliphatic heterocycles. The average molecular weight is 399 g/mol. The number of thioether (sulfide) groups is 1. The molecule has 2 N–H and O–H groups in total. The van der Waals surface area contributed by atoms with Gasteiger partial charge in [0.25, 0.3) is 5.91 Å². The molecular formula is C18H18N6OS2. The minimum absolute atomic E-state index is 0.229. The predicted octanol–water partition coefficient (Wildman–Crippen LogP) is 3.41. The van der Waals surface area contributed by atoms with E-state index in [-0.39, 0.29) is 11.9 Å². The van der Waals surface area contributed by atoms with Crippen LogP contribution in [0.3, 0.4) is 0 Å². The van der Waals surface area contributed by atoms with E-state index in [1.54, 1.807) is 29.2 Å². The molecule has 0 aliphatic carbocycles. The van der Waals surface area contributed by atoms with E-state index in [2.05, 4.69) is 25.7 Å². The summed E-state index contributed by atoms with van der Waals surface area (Å²) in [4.78, 5) is 13.8. The van der Waals surface area contributed by atoms with Crippen LogP contribution >= 0.6 is 23.1 Å². The number of nitrogens with one attached hydrogen (secondary N) is 2. The van der Waals surface area contributed by atoms with Gasteiger partial charge in [0.1, 0.15) is 0 Å². The third-order valence-electron chi connectivity index (χ3n) is 4.16. The van der Waals surface area contributed by atoms with Crippen LogP contribution in [0.2, 0.25) is 0 Å². The molecule has 4 aromatic rings. The van der Waals surface area contributed by atoms with Gasteiger partial charge in [-0.15, -0.1) is 21.5 Å². The normalized spacial score (nSPS) is 12.3. The van der Waals surface area contributed by atoms with Crippen molar-refractivity contribution in [3.8, 4) is 10.6 Å². The summed E-state index contributed by atoms with van der Waals surface area (Å²) < 4.78 is 1.91. The zero-order valence-electron chi connectivity index (χ0n) is 14.6. The number of pyridine rings is 1. The molecule has 0 radical (unpaired) electrons. The Kier molecular flexibility index (Phi) is 5.21. The molecule has 7 nitrogen and oxygen atoms in total. The van der Waals surface area contributed by atoms with Crippen molar-refractivity contribution in [2.45, 2.75) is 12.5 Å². The number of hydrogen-bond acceptors (Lipinski definition) is 6. The Morgan fingerprint density at radius 1 is 1.33 bits per heavy atom. The number of carbonyl (C=O) groups excluding carboxylic acids is 1. The molecule has 0 fully saturated rings. The molecule has 1 amide bonds. The van der Waals surface area contributed by atoms with Crippen LogP contribution in [0.15, 0.2) is 48.0 Å². The first-order chi connectivity index (χ1) is 13.3. The molecule has 0 bridgehead atoms. The zero-order chi connectivity index (χ0) is 18.6. The van der Waals surface area contributed by atoms with Gasteiger partial charge in [0.15, 0.2) is 17.2 Å². The highest BCUT2D eigenvalue weighted by Gasteiger charge is 2.22. The summed E-state index contributed by atoms with van der Waals surface area (Å²) >= 11 is 3.33. The van der Waals surface area contributed by atoms with Crippen molar-refractivity contribution in [3.63, 3.8) is 0 Å². The van der Waals surface area contributed by atoms with Crippen LogP contribution in [0, 0.1) is 0 Å². The fourth-order valence-corrected chi connectivity index (χ4v) is 3.99. The van der Waals surface area contributed by atoms with Gasteiger partial charge in [-0.25, -0.2) is 0 Å². The predicted molar refractivity (Wildman–Crippen MR) is 108 cm³/mol. The minimum Gasteiger partial charge on any atom is -0.341 e. The van der Waals surface area contributed by atoms with E-state index >= 15 is 0 Å². The number of H-pyrrole nitrogens is 1. The lowest BCUT2D eigenvalue weighted by Gasteiger charge is -2.16. The molecule has 4 rings (SSSR count). The molecule has 4 aromatic heterocycles. The van der Waals surface area contributed by atoms with Crippen LogP contribution in [0.25, 0.3) is 16.2 Å². The lowest BCUT2D eigenvalue weighted by atomic mass is 10.2. The van der Waals surface area contributed by atoms with Gasteiger partial charge < -0.3 is 5.32 Å². The number of amides is 1. The van der Waals surface area contributed by atoms with Gasteiger partial charge in [0.2, 0.25) is 0 Å². The van der Waals surface area contributed by atoms with Gasteiger partial charge in [-0.2, -0.15) is 16.9 Å². The molecule has 0 saturated heterocycles. The van der Waals surface area contributed by atoms with Crippen molar-refractivity contribution < 1.29 is 4.79 Å². The van der Waals surface area contributed by atoms with Crippen molar-refractivity contribution in [2.24, 2.45) is 0 Å². The summed E-state index contributed by atoms with van der Waals surface area (Å²) in [6.07, 6.45) is 4.71. The highest BCUT2D eigenvalue weighted by Crippen LogP contribution is 2.24. The fraction of sp³-hybridized carbons (Fsp3) is 0.222. The second kappa shape index (κ2) is 7.93. The number of carbonyl (C=O) groups is 1. The van der Waals surface area contributed by atoms with E-state index in [9.17, 15) is 4.79 Å². The molecule has 0 aromatic carbocycles. The Balaban J connectivity index is 1.57. The number of nitrogens with zero attached hydrogens (tertiary/aromatic N) is 4. The van der Waals surface area contributed by atoms with E-state index in [0.717, 1.165) is 34.2 Å². The Morgan fingerprint density at radius 3 is 3.07 bits per heavy atom. The molecule has 0 unspecified atom stereocenters. The van der Waals surface area contributed by atoms with Crippen LogP contribution in [0.5, 0.6) is 0 Å². The van der Waals surface area contributed by atoms with E-state index < -0.39 is 0 Å². The van der Waals surface area contributed by atoms with Crippen LogP contribution < -0.4 is 5.32 Å². The van der Waals surface area contributed by atoms with Gasteiger partial charge in [-0.1, -0.05) is 12.1 Å². The molecule has 138 valence electrons. The van der Waals surface area contributed by atoms with Crippen molar-refractivity contribution >= 4 is 34.7 Å². The van der Waals surface area contributed by atoms with Gasteiger partial charge in [-0.05, 0) is 48.1 Å².